The number of non-ortho nitro benzene ring substituents is 1. The highest BCUT2D eigenvalue weighted by Gasteiger charge is 2.35. The van der Waals surface area contributed by atoms with Gasteiger partial charge in [-0.2, -0.15) is 18.3 Å². The molecule has 3 aromatic carbocycles. The number of anilines is 1. The number of hydrogen-bond donors (Lipinski definition) is 1. The molecule has 0 radical (unpaired) electrons. The van der Waals surface area contributed by atoms with Crippen molar-refractivity contribution in [3.63, 3.8) is 0 Å². The Bertz CT molecular complexity index is 1440. The van der Waals surface area contributed by atoms with Gasteiger partial charge in [0.15, 0.2) is 0 Å². The second-order valence-corrected chi connectivity index (χ2v) is 9.90. The van der Waals surface area contributed by atoms with Gasteiger partial charge in [-0.1, -0.05) is 29.3 Å². The van der Waals surface area contributed by atoms with Crippen molar-refractivity contribution < 1.29 is 31.3 Å². The Kier molecular flexibility index (Phi) is 8.18. The molecule has 0 spiro atoms. The Labute approximate surface area is 214 Å². The summed E-state index contributed by atoms with van der Waals surface area (Å²) in [4.78, 5) is 22.5. The predicted octanol–water partition coefficient (Wildman–Crippen LogP) is 4.92. The Morgan fingerprint density at radius 3 is 2.30 bits per heavy atom. The van der Waals surface area contributed by atoms with Crippen LogP contribution in [0.2, 0.25) is 5.02 Å². The van der Waals surface area contributed by atoms with E-state index in [0.717, 1.165) is 23.9 Å². The molecule has 1 amide bonds. The van der Waals surface area contributed by atoms with E-state index < -0.39 is 49.8 Å². The Morgan fingerprint density at radius 2 is 1.73 bits per heavy atom. The van der Waals surface area contributed by atoms with Gasteiger partial charge in [-0.15, -0.1) is 0 Å². The number of benzene rings is 3. The van der Waals surface area contributed by atoms with E-state index in [0.29, 0.717) is 15.9 Å². The minimum absolute atomic E-state index is 0.153. The standard InChI is InChI=1S/C23H18ClF3N4O5S/c1-15-2-9-19(10-3-15)37(35,36)30(18-8-11-21(24)20(12-18)23(25,26)27)14-22(32)29-28-13-16-4-6-17(7-5-16)31(33)34/h2-13H,14H2,1H3,(H,29,32)/b28-13-. The van der Waals surface area contributed by atoms with Crippen LogP contribution in [0, 0.1) is 17.0 Å². The summed E-state index contributed by atoms with van der Waals surface area (Å²) in [5.41, 5.74) is 1.37. The predicted molar refractivity (Wildman–Crippen MR) is 131 cm³/mol. The van der Waals surface area contributed by atoms with E-state index in [2.05, 4.69) is 10.5 Å². The van der Waals surface area contributed by atoms with Gasteiger partial charge in [0.1, 0.15) is 6.54 Å². The molecule has 0 aromatic heterocycles. The molecule has 3 rings (SSSR count). The number of sulfonamides is 1. The summed E-state index contributed by atoms with van der Waals surface area (Å²) in [6.45, 7) is 0.812. The third-order valence-corrected chi connectivity index (χ3v) is 7.06. The number of rotatable bonds is 8. The first-order valence-corrected chi connectivity index (χ1v) is 12.1. The van der Waals surface area contributed by atoms with Gasteiger partial charge in [-0.25, -0.2) is 13.8 Å². The van der Waals surface area contributed by atoms with Gasteiger partial charge in [0.2, 0.25) is 0 Å². The lowest BCUT2D eigenvalue weighted by molar-refractivity contribution is -0.384. The largest absolute Gasteiger partial charge is 0.417 e. The number of carbonyl (C=O) groups is 1. The number of nitrogens with zero attached hydrogens (tertiary/aromatic N) is 3. The quantitative estimate of drug-likeness (QED) is 0.240. The average molecular weight is 555 g/mol. The van der Waals surface area contributed by atoms with Crippen LogP contribution in [0.5, 0.6) is 0 Å². The number of nitro groups is 1. The van der Waals surface area contributed by atoms with E-state index in [1.807, 2.05) is 0 Å². The van der Waals surface area contributed by atoms with Crippen LogP contribution in [-0.2, 0) is 21.0 Å². The number of nitrogens with one attached hydrogen (secondary N) is 1. The van der Waals surface area contributed by atoms with Crippen molar-refractivity contribution >= 4 is 45.1 Å². The summed E-state index contributed by atoms with van der Waals surface area (Å²) < 4.78 is 67.5. The molecule has 0 aliphatic rings. The molecule has 0 unspecified atom stereocenters. The van der Waals surface area contributed by atoms with E-state index in [-0.39, 0.29) is 10.6 Å². The molecule has 0 fully saturated rings. The highest BCUT2D eigenvalue weighted by molar-refractivity contribution is 7.92. The van der Waals surface area contributed by atoms with Crippen LogP contribution < -0.4 is 9.73 Å². The van der Waals surface area contributed by atoms with Crippen molar-refractivity contribution in [2.45, 2.75) is 18.0 Å². The molecule has 9 nitrogen and oxygen atoms in total. The monoisotopic (exact) mass is 554 g/mol. The molecule has 0 aliphatic carbocycles. The van der Waals surface area contributed by atoms with Crippen molar-refractivity contribution in [1.82, 2.24) is 5.43 Å². The fourth-order valence-corrected chi connectivity index (χ4v) is 4.70. The number of aryl methyl sites for hydroxylation is 1. The Hall–Kier alpha value is -3.97. The summed E-state index contributed by atoms with van der Waals surface area (Å²) in [6.07, 6.45) is -3.71. The van der Waals surface area contributed by atoms with Gasteiger partial charge in [0.25, 0.3) is 21.6 Å². The second-order valence-electron chi connectivity index (χ2n) is 7.63. The summed E-state index contributed by atoms with van der Waals surface area (Å²) >= 11 is 5.67. The Balaban J connectivity index is 1.91. The zero-order valence-electron chi connectivity index (χ0n) is 18.9. The van der Waals surface area contributed by atoms with Crippen molar-refractivity contribution in [3.05, 3.63) is 98.6 Å². The first kappa shape index (κ1) is 27.6. The van der Waals surface area contributed by atoms with Gasteiger partial charge in [-0.3, -0.25) is 19.2 Å². The molecule has 0 atom stereocenters. The van der Waals surface area contributed by atoms with E-state index in [1.165, 1.54) is 48.5 Å². The third-order valence-electron chi connectivity index (χ3n) is 4.95. The highest BCUT2D eigenvalue weighted by Crippen LogP contribution is 2.38. The summed E-state index contributed by atoms with van der Waals surface area (Å²) in [7, 11) is -4.48. The maximum absolute atomic E-state index is 13.4. The fourth-order valence-electron chi connectivity index (χ4n) is 3.06. The molecular weight excluding hydrogens is 537 g/mol. The highest BCUT2D eigenvalue weighted by atomic mass is 35.5. The number of amides is 1. The molecule has 194 valence electrons. The van der Waals surface area contributed by atoms with Crippen LogP contribution in [0.4, 0.5) is 24.5 Å². The van der Waals surface area contributed by atoms with Gasteiger partial charge < -0.3 is 0 Å². The maximum Gasteiger partial charge on any atom is 0.417 e. The molecule has 3 aromatic rings. The summed E-state index contributed by atoms with van der Waals surface area (Å²) in [5, 5.41) is 13.8. The SMILES string of the molecule is Cc1ccc(S(=O)(=O)N(CC(=O)N/N=C\c2ccc([N+](=O)[O-])cc2)c2ccc(Cl)c(C(F)(F)F)c2)cc1. The van der Waals surface area contributed by atoms with E-state index in [1.54, 1.807) is 6.92 Å². The number of hydrazone groups is 1. The number of carbonyl (C=O) groups excluding carboxylic acids is 1. The molecule has 0 bridgehead atoms. The van der Waals surface area contributed by atoms with Crippen LogP contribution in [0.1, 0.15) is 16.7 Å². The second kappa shape index (κ2) is 11.0. The Morgan fingerprint density at radius 1 is 1.11 bits per heavy atom. The lowest BCUT2D eigenvalue weighted by Crippen LogP contribution is -2.39. The van der Waals surface area contributed by atoms with E-state index >= 15 is 0 Å². The topological polar surface area (TPSA) is 122 Å². The molecule has 0 saturated carbocycles. The number of halogens is 4. The van der Waals surface area contributed by atoms with Gasteiger partial charge in [0.05, 0.1) is 32.3 Å². The summed E-state index contributed by atoms with van der Waals surface area (Å²) in [6, 6.07) is 13.2. The number of hydrogen-bond acceptors (Lipinski definition) is 6. The van der Waals surface area contributed by atoms with Crippen LogP contribution in [0.3, 0.4) is 0 Å². The van der Waals surface area contributed by atoms with Crippen LogP contribution in [0.25, 0.3) is 0 Å². The van der Waals surface area contributed by atoms with Crippen molar-refractivity contribution in [1.29, 1.82) is 0 Å². The molecule has 0 saturated heterocycles. The molecular formula is C23H18ClF3N4O5S. The zero-order chi connectivity index (χ0) is 27.4. The van der Waals surface area contributed by atoms with Gasteiger partial charge >= 0.3 is 6.18 Å². The molecule has 0 aliphatic heterocycles. The molecule has 37 heavy (non-hydrogen) atoms. The normalized spacial score (nSPS) is 11.9. The minimum Gasteiger partial charge on any atom is -0.271 e. The van der Waals surface area contributed by atoms with Crippen molar-refractivity contribution in [2.24, 2.45) is 5.10 Å². The van der Waals surface area contributed by atoms with E-state index in [9.17, 15) is 36.5 Å². The summed E-state index contributed by atoms with van der Waals surface area (Å²) in [5.74, 6) is -0.961. The smallest absolute Gasteiger partial charge is 0.271 e. The zero-order valence-corrected chi connectivity index (χ0v) is 20.5. The first-order chi connectivity index (χ1) is 17.3. The molecule has 14 heteroatoms. The molecule has 1 N–H and O–H groups in total. The lowest BCUT2D eigenvalue weighted by atomic mass is 10.2. The first-order valence-electron chi connectivity index (χ1n) is 10.3. The third kappa shape index (κ3) is 6.83. The average Bonchev–Trinajstić information content (AvgIpc) is 2.83. The van der Waals surface area contributed by atoms with Crippen LogP contribution in [-0.4, -0.2) is 32.0 Å². The van der Waals surface area contributed by atoms with E-state index in [4.69, 9.17) is 11.6 Å². The van der Waals surface area contributed by atoms with Gasteiger partial charge in [0, 0.05) is 12.1 Å². The number of alkyl halides is 3. The van der Waals surface area contributed by atoms with Crippen molar-refractivity contribution in [2.75, 3.05) is 10.8 Å². The van der Waals surface area contributed by atoms with Crippen LogP contribution in [0.15, 0.2) is 76.7 Å². The molecule has 0 heterocycles. The fraction of sp³-hybridized carbons (Fsp3) is 0.130. The maximum atomic E-state index is 13.4. The minimum atomic E-state index is -4.87. The van der Waals surface area contributed by atoms with Crippen molar-refractivity contribution in [3.8, 4) is 0 Å². The number of nitro benzene ring substituents is 1. The lowest BCUT2D eigenvalue weighted by Gasteiger charge is -2.25. The van der Waals surface area contributed by atoms with Gasteiger partial charge in [-0.05, 0) is 55.0 Å². The van der Waals surface area contributed by atoms with Crippen LogP contribution >= 0.6 is 11.6 Å².